The number of anilines is 1. The Bertz CT molecular complexity index is 689. The van der Waals surface area contributed by atoms with Crippen LogP contribution in [0.2, 0.25) is 0 Å². The monoisotopic (exact) mass is 291 g/mol. The van der Waals surface area contributed by atoms with Crippen LogP contribution in [0.15, 0.2) is 12.7 Å². The minimum absolute atomic E-state index is 0.100. The fraction of sp³-hybridized carbons (Fsp3) is 0.615. The molecular formula is C13H17N5O3. The molecule has 0 radical (unpaired) electrons. The van der Waals surface area contributed by atoms with E-state index in [9.17, 15) is 15.3 Å². The number of rotatable bonds is 2. The Balaban J connectivity index is 1.79. The molecule has 8 nitrogen and oxygen atoms in total. The molecule has 6 atom stereocenters. The first-order valence-corrected chi connectivity index (χ1v) is 7.03. The Morgan fingerprint density at radius 3 is 2.76 bits per heavy atom. The van der Waals surface area contributed by atoms with E-state index >= 15 is 0 Å². The number of aromatic nitrogens is 4. The van der Waals surface area contributed by atoms with Gasteiger partial charge in [-0.2, -0.15) is 0 Å². The molecule has 0 unspecified atom stereocenters. The zero-order valence-corrected chi connectivity index (χ0v) is 11.2. The first-order valence-electron chi connectivity index (χ1n) is 7.03. The predicted octanol–water partition coefficient (Wildman–Crippen LogP) is -1.07. The summed E-state index contributed by atoms with van der Waals surface area (Å²) in [5.74, 6) is -0.173. The third-order valence-corrected chi connectivity index (χ3v) is 5.12. The van der Waals surface area contributed by atoms with Gasteiger partial charge >= 0.3 is 0 Å². The molecule has 0 spiro atoms. The fourth-order valence-electron chi connectivity index (χ4n) is 4.14. The molecule has 5 N–H and O–H groups in total. The molecule has 2 saturated carbocycles. The molecule has 2 bridgehead atoms. The topological polar surface area (TPSA) is 130 Å². The Labute approximate surface area is 120 Å². The normalized spacial score (nSPS) is 38.4. The van der Waals surface area contributed by atoms with E-state index in [0.29, 0.717) is 23.4 Å². The summed E-state index contributed by atoms with van der Waals surface area (Å²) in [6, 6.07) is -0.299. The summed E-state index contributed by atoms with van der Waals surface area (Å²) in [5, 5.41) is 30.3. The zero-order valence-electron chi connectivity index (χ0n) is 11.2. The highest BCUT2D eigenvalue weighted by atomic mass is 16.3. The van der Waals surface area contributed by atoms with Gasteiger partial charge in [0.25, 0.3) is 0 Å². The van der Waals surface area contributed by atoms with Crippen molar-refractivity contribution in [2.24, 2.45) is 17.8 Å². The number of nitrogens with two attached hydrogens (primary N) is 1. The summed E-state index contributed by atoms with van der Waals surface area (Å²) >= 11 is 0. The number of hydrogen-bond acceptors (Lipinski definition) is 7. The highest BCUT2D eigenvalue weighted by molar-refractivity contribution is 5.81. The number of nitrogens with zero attached hydrogens (tertiary/aromatic N) is 4. The van der Waals surface area contributed by atoms with Crippen LogP contribution in [-0.4, -0.2) is 53.7 Å². The van der Waals surface area contributed by atoms with Crippen molar-refractivity contribution in [3.8, 4) is 0 Å². The van der Waals surface area contributed by atoms with Crippen molar-refractivity contribution in [3.05, 3.63) is 12.7 Å². The molecule has 2 aromatic rings. The van der Waals surface area contributed by atoms with E-state index in [1.165, 1.54) is 6.33 Å². The molecular weight excluding hydrogens is 274 g/mol. The lowest BCUT2D eigenvalue weighted by Gasteiger charge is -2.36. The second-order valence-electron chi connectivity index (χ2n) is 5.96. The summed E-state index contributed by atoms with van der Waals surface area (Å²) in [7, 11) is 0. The van der Waals surface area contributed by atoms with Gasteiger partial charge in [-0.3, -0.25) is 0 Å². The maximum Gasteiger partial charge on any atom is 0.165 e. The lowest BCUT2D eigenvalue weighted by atomic mass is 9.82. The van der Waals surface area contributed by atoms with Crippen LogP contribution in [0.4, 0.5) is 5.82 Å². The van der Waals surface area contributed by atoms with E-state index in [1.807, 2.05) is 0 Å². The Kier molecular flexibility index (Phi) is 2.69. The maximum atomic E-state index is 10.6. The number of hydrogen-bond donors (Lipinski definition) is 4. The van der Waals surface area contributed by atoms with Gasteiger partial charge in [-0.25, -0.2) is 15.0 Å². The summed E-state index contributed by atoms with van der Waals surface area (Å²) < 4.78 is 1.78. The first-order chi connectivity index (χ1) is 10.1. The summed E-state index contributed by atoms with van der Waals surface area (Å²) in [6.45, 7) is -0.105. The van der Waals surface area contributed by atoms with Gasteiger partial charge < -0.3 is 25.6 Å². The van der Waals surface area contributed by atoms with Crippen molar-refractivity contribution in [3.63, 3.8) is 0 Å². The second kappa shape index (κ2) is 4.36. The Morgan fingerprint density at radius 1 is 1.19 bits per heavy atom. The molecule has 2 aliphatic rings. The minimum atomic E-state index is -0.635. The van der Waals surface area contributed by atoms with E-state index in [1.54, 1.807) is 10.9 Å². The molecule has 4 rings (SSSR count). The second-order valence-corrected chi connectivity index (χ2v) is 5.96. The standard InChI is InChI=1S/C13H17N5O3/c14-12-8-13(16-3-15-12)18(4-17-8)9-6-1-5(11(9)21)7(2-19)10(6)20/h3-7,9-11,19-21H,1-2H2,(H2,14,15,16)/t5-,6-,7-,9-,10-,11-/m1/s1. The van der Waals surface area contributed by atoms with Crippen LogP contribution in [0.1, 0.15) is 12.5 Å². The maximum absolute atomic E-state index is 10.6. The molecule has 0 saturated heterocycles. The molecule has 0 aromatic carbocycles. The van der Waals surface area contributed by atoms with Crippen LogP contribution in [-0.2, 0) is 0 Å². The molecule has 112 valence electrons. The van der Waals surface area contributed by atoms with Crippen molar-refractivity contribution in [1.29, 1.82) is 0 Å². The molecule has 8 heteroatoms. The number of nitrogen functional groups attached to an aromatic ring is 1. The molecule has 0 amide bonds. The van der Waals surface area contributed by atoms with Crippen molar-refractivity contribution in [2.45, 2.75) is 24.7 Å². The van der Waals surface area contributed by atoms with E-state index in [2.05, 4.69) is 15.0 Å². The van der Waals surface area contributed by atoms with Gasteiger partial charge in [-0.15, -0.1) is 0 Å². The molecule has 2 fully saturated rings. The van der Waals surface area contributed by atoms with Gasteiger partial charge in [-0.05, 0) is 12.3 Å². The van der Waals surface area contributed by atoms with E-state index in [-0.39, 0.29) is 30.4 Å². The van der Waals surface area contributed by atoms with Gasteiger partial charge in [0.2, 0.25) is 0 Å². The smallest absolute Gasteiger partial charge is 0.165 e. The van der Waals surface area contributed by atoms with Crippen LogP contribution in [0, 0.1) is 17.8 Å². The van der Waals surface area contributed by atoms with Gasteiger partial charge in [-0.1, -0.05) is 0 Å². The van der Waals surface area contributed by atoms with Crippen LogP contribution in [0.3, 0.4) is 0 Å². The molecule has 0 aliphatic heterocycles. The van der Waals surface area contributed by atoms with Crippen LogP contribution in [0.25, 0.3) is 11.2 Å². The van der Waals surface area contributed by atoms with Crippen LogP contribution < -0.4 is 5.73 Å². The largest absolute Gasteiger partial charge is 0.396 e. The van der Waals surface area contributed by atoms with Crippen LogP contribution >= 0.6 is 0 Å². The molecule has 21 heavy (non-hydrogen) atoms. The fourth-order valence-corrected chi connectivity index (χ4v) is 4.14. The average Bonchev–Trinajstić information content (AvgIpc) is 3.11. The number of imidazole rings is 1. The predicted molar refractivity (Wildman–Crippen MR) is 73.0 cm³/mol. The van der Waals surface area contributed by atoms with Gasteiger partial charge in [0, 0.05) is 18.4 Å². The summed E-state index contributed by atoms with van der Waals surface area (Å²) in [5.41, 5.74) is 6.84. The van der Waals surface area contributed by atoms with E-state index < -0.39 is 12.2 Å². The molecule has 2 aromatic heterocycles. The van der Waals surface area contributed by atoms with Gasteiger partial charge in [0.05, 0.1) is 24.6 Å². The Morgan fingerprint density at radius 2 is 2.00 bits per heavy atom. The third-order valence-electron chi connectivity index (χ3n) is 5.12. The van der Waals surface area contributed by atoms with Crippen molar-refractivity contribution in [1.82, 2.24) is 19.5 Å². The average molecular weight is 291 g/mol. The highest BCUT2D eigenvalue weighted by Gasteiger charge is 2.58. The van der Waals surface area contributed by atoms with Gasteiger partial charge in [0.15, 0.2) is 11.5 Å². The van der Waals surface area contributed by atoms with E-state index in [0.717, 1.165) is 0 Å². The molecule has 2 heterocycles. The van der Waals surface area contributed by atoms with Gasteiger partial charge in [0.1, 0.15) is 11.8 Å². The highest BCUT2D eigenvalue weighted by Crippen LogP contribution is 2.54. The van der Waals surface area contributed by atoms with E-state index in [4.69, 9.17) is 5.73 Å². The lowest BCUT2D eigenvalue weighted by Crippen LogP contribution is -2.43. The zero-order chi connectivity index (χ0) is 14.7. The first kappa shape index (κ1) is 12.9. The summed E-state index contributed by atoms with van der Waals surface area (Å²) in [4.78, 5) is 12.3. The van der Waals surface area contributed by atoms with Crippen molar-refractivity contribution >= 4 is 17.0 Å². The quantitative estimate of drug-likeness (QED) is 0.554. The molecule has 2 aliphatic carbocycles. The minimum Gasteiger partial charge on any atom is -0.396 e. The number of fused-ring (bicyclic) bond motifs is 3. The van der Waals surface area contributed by atoms with Crippen LogP contribution in [0.5, 0.6) is 0 Å². The van der Waals surface area contributed by atoms with Crippen molar-refractivity contribution < 1.29 is 15.3 Å². The Hall–Kier alpha value is -1.77. The lowest BCUT2D eigenvalue weighted by molar-refractivity contribution is -0.0524. The SMILES string of the molecule is Nc1ncnc2c1ncn2[C@H]1[C@H](O)[C@@H]2C[C@H]1[C@@H](O)[C@@H]2CO. The number of aliphatic hydroxyl groups excluding tert-OH is 3. The number of aliphatic hydroxyl groups is 3. The van der Waals surface area contributed by atoms with Crippen molar-refractivity contribution in [2.75, 3.05) is 12.3 Å². The third kappa shape index (κ3) is 1.57. The summed E-state index contributed by atoms with van der Waals surface area (Å²) in [6.07, 6.45) is 2.39.